The normalized spacial score (nSPS) is 11.5. The zero-order valence-electron chi connectivity index (χ0n) is 10.8. The summed E-state index contributed by atoms with van der Waals surface area (Å²) in [6, 6.07) is 4.96. The van der Waals surface area contributed by atoms with Gasteiger partial charge < -0.3 is 5.73 Å². The highest BCUT2D eigenvalue weighted by atomic mass is 32.2. The maximum absolute atomic E-state index is 12.9. The van der Waals surface area contributed by atoms with Crippen LogP contribution in [0.25, 0.3) is 0 Å². The van der Waals surface area contributed by atoms with Crippen molar-refractivity contribution < 1.29 is 12.8 Å². The number of pyridine rings is 1. The molecular formula is C13H14FN3O2S. The minimum atomic E-state index is -3.79. The van der Waals surface area contributed by atoms with Gasteiger partial charge in [-0.15, -0.1) is 0 Å². The third-order valence-corrected chi connectivity index (χ3v) is 4.34. The van der Waals surface area contributed by atoms with Gasteiger partial charge in [0.15, 0.2) is 0 Å². The summed E-state index contributed by atoms with van der Waals surface area (Å²) in [7, 11) is -3.79. The van der Waals surface area contributed by atoms with E-state index < -0.39 is 15.8 Å². The van der Waals surface area contributed by atoms with E-state index in [-0.39, 0.29) is 17.1 Å². The van der Waals surface area contributed by atoms with Gasteiger partial charge in [0.25, 0.3) is 0 Å². The minimum Gasteiger partial charge on any atom is -0.398 e. The summed E-state index contributed by atoms with van der Waals surface area (Å²) in [5.41, 5.74) is 7.10. The van der Waals surface area contributed by atoms with E-state index in [9.17, 15) is 12.8 Å². The maximum Gasteiger partial charge on any atom is 0.242 e. The quantitative estimate of drug-likeness (QED) is 0.839. The summed E-state index contributed by atoms with van der Waals surface area (Å²) in [5.74, 6) is -0.579. The number of hydrogen-bond acceptors (Lipinski definition) is 4. The Morgan fingerprint density at radius 1 is 1.35 bits per heavy atom. The largest absolute Gasteiger partial charge is 0.398 e. The molecule has 5 nitrogen and oxygen atoms in total. The molecule has 7 heteroatoms. The lowest BCUT2D eigenvalue weighted by atomic mass is 10.2. The average molecular weight is 295 g/mol. The van der Waals surface area contributed by atoms with E-state index in [1.54, 1.807) is 18.5 Å². The standard InChI is InChI=1S/C13H14FN3O2S/c1-9-4-5-16-7-10(9)8-17-20(18,19)13-3-2-11(14)6-12(13)15/h2-7,17H,8,15H2,1H3. The molecule has 0 spiro atoms. The average Bonchev–Trinajstić information content (AvgIpc) is 2.37. The van der Waals surface area contributed by atoms with Gasteiger partial charge in [0, 0.05) is 18.9 Å². The summed E-state index contributed by atoms with van der Waals surface area (Å²) in [6.45, 7) is 1.95. The van der Waals surface area contributed by atoms with E-state index in [4.69, 9.17) is 5.73 Å². The molecule has 0 saturated heterocycles. The van der Waals surface area contributed by atoms with Crippen LogP contribution in [0.3, 0.4) is 0 Å². The van der Waals surface area contributed by atoms with Crippen LogP contribution in [-0.2, 0) is 16.6 Å². The monoisotopic (exact) mass is 295 g/mol. The third-order valence-electron chi connectivity index (χ3n) is 2.86. The topological polar surface area (TPSA) is 85.1 Å². The third kappa shape index (κ3) is 3.12. The van der Waals surface area contributed by atoms with Gasteiger partial charge >= 0.3 is 0 Å². The second-order valence-corrected chi connectivity index (χ2v) is 6.04. The number of nitrogens with two attached hydrogens (primary N) is 1. The van der Waals surface area contributed by atoms with Crippen molar-refractivity contribution in [1.82, 2.24) is 9.71 Å². The van der Waals surface area contributed by atoms with Crippen LogP contribution in [0.2, 0.25) is 0 Å². The summed E-state index contributed by atoms with van der Waals surface area (Å²) in [6.07, 6.45) is 3.22. The Morgan fingerprint density at radius 2 is 2.10 bits per heavy atom. The van der Waals surface area contributed by atoms with Gasteiger partial charge in [0.2, 0.25) is 10.0 Å². The molecule has 2 aromatic rings. The number of aryl methyl sites for hydroxylation is 1. The number of rotatable bonds is 4. The van der Waals surface area contributed by atoms with Crippen LogP contribution in [-0.4, -0.2) is 13.4 Å². The molecule has 20 heavy (non-hydrogen) atoms. The van der Waals surface area contributed by atoms with Gasteiger partial charge in [-0.25, -0.2) is 17.5 Å². The lowest BCUT2D eigenvalue weighted by molar-refractivity contribution is 0.580. The van der Waals surface area contributed by atoms with Crippen LogP contribution in [0.1, 0.15) is 11.1 Å². The van der Waals surface area contributed by atoms with Crippen molar-refractivity contribution in [2.24, 2.45) is 0 Å². The highest BCUT2D eigenvalue weighted by Crippen LogP contribution is 2.19. The molecular weight excluding hydrogens is 281 g/mol. The Morgan fingerprint density at radius 3 is 2.75 bits per heavy atom. The Hall–Kier alpha value is -1.99. The van der Waals surface area contributed by atoms with E-state index in [1.165, 1.54) is 0 Å². The van der Waals surface area contributed by atoms with Crippen molar-refractivity contribution in [3.63, 3.8) is 0 Å². The second kappa shape index (κ2) is 5.56. The number of aromatic nitrogens is 1. The fourth-order valence-corrected chi connectivity index (χ4v) is 2.81. The molecule has 0 amide bonds. The van der Waals surface area contributed by atoms with Crippen molar-refractivity contribution in [2.75, 3.05) is 5.73 Å². The maximum atomic E-state index is 12.9. The molecule has 0 aliphatic rings. The van der Waals surface area contributed by atoms with Gasteiger partial charge in [-0.1, -0.05) is 0 Å². The number of nitrogen functional groups attached to an aromatic ring is 1. The van der Waals surface area contributed by atoms with Crippen LogP contribution in [0.5, 0.6) is 0 Å². The number of nitrogens with one attached hydrogen (secondary N) is 1. The van der Waals surface area contributed by atoms with Crippen molar-refractivity contribution in [3.05, 3.63) is 53.6 Å². The number of benzene rings is 1. The molecule has 1 aromatic heterocycles. The molecule has 0 unspecified atom stereocenters. The van der Waals surface area contributed by atoms with Gasteiger partial charge in [-0.3, -0.25) is 4.98 Å². The SMILES string of the molecule is Cc1ccncc1CNS(=O)(=O)c1ccc(F)cc1N. The first-order valence-electron chi connectivity index (χ1n) is 5.84. The van der Waals surface area contributed by atoms with E-state index in [1.807, 2.05) is 6.92 Å². The van der Waals surface area contributed by atoms with Crippen LogP contribution in [0, 0.1) is 12.7 Å². The molecule has 0 fully saturated rings. The molecule has 0 saturated carbocycles. The zero-order chi connectivity index (χ0) is 14.8. The van der Waals surface area contributed by atoms with Crippen molar-refractivity contribution in [2.45, 2.75) is 18.4 Å². The number of anilines is 1. The number of halogens is 1. The molecule has 0 atom stereocenters. The molecule has 0 aliphatic heterocycles. The van der Waals surface area contributed by atoms with Gasteiger partial charge in [0.1, 0.15) is 10.7 Å². The van der Waals surface area contributed by atoms with E-state index >= 15 is 0 Å². The Kier molecular flexibility index (Phi) is 4.01. The fraction of sp³-hybridized carbons (Fsp3) is 0.154. The van der Waals surface area contributed by atoms with Gasteiger partial charge in [-0.2, -0.15) is 0 Å². The van der Waals surface area contributed by atoms with Crippen LogP contribution >= 0.6 is 0 Å². The lowest BCUT2D eigenvalue weighted by Crippen LogP contribution is -2.24. The number of hydrogen-bond donors (Lipinski definition) is 2. The Labute approximate surface area is 116 Å². The Bertz CT molecular complexity index is 732. The fourth-order valence-electron chi connectivity index (χ4n) is 1.70. The van der Waals surface area contributed by atoms with E-state index in [0.29, 0.717) is 0 Å². The predicted octanol–water partition coefficient (Wildman–Crippen LogP) is 1.59. The molecule has 3 N–H and O–H groups in total. The highest BCUT2D eigenvalue weighted by Gasteiger charge is 2.17. The van der Waals surface area contributed by atoms with E-state index in [0.717, 1.165) is 29.3 Å². The van der Waals surface area contributed by atoms with Crippen LogP contribution < -0.4 is 10.5 Å². The predicted molar refractivity (Wildman–Crippen MR) is 73.8 cm³/mol. The van der Waals surface area contributed by atoms with Crippen molar-refractivity contribution >= 4 is 15.7 Å². The smallest absolute Gasteiger partial charge is 0.242 e. The lowest BCUT2D eigenvalue weighted by Gasteiger charge is -2.10. The van der Waals surface area contributed by atoms with Crippen molar-refractivity contribution in [3.8, 4) is 0 Å². The Balaban J connectivity index is 2.22. The first-order valence-corrected chi connectivity index (χ1v) is 7.32. The molecule has 2 rings (SSSR count). The van der Waals surface area contributed by atoms with E-state index in [2.05, 4.69) is 9.71 Å². The molecule has 0 radical (unpaired) electrons. The summed E-state index contributed by atoms with van der Waals surface area (Å²) in [4.78, 5) is 3.80. The van der Waals surface area contributed by atoms with Crippen LogP contribution in [0.15, 0.2) is 41.6 Å². The van der Waals surface area contributed by atoms with Crippen LogP contribution in [0.4, 0.5) is 10.1 Å². The van der Waals surface area contributed by atoms with Gasteiger partial charge in [-0.05, 0) is 42.3 Å². The molecule has 106 valence electrons. The molecule has 0 aliphatic carbocycles. The first-order chi connectivity index (χ1) is 9.40. The van der Waals surface area contributed by atoms with Gasteiger partial charge in [0.05, 0.1) is 5.69 Å². The highest BCUT2D eigenvalue weighted by molar-refractivity contribution is 7.89. The first kappa shape index (κ1) is 14.4. The summed E-state index contributed by atoms with van der Waals surface area (Å²) in [5, 5.41) is 0. The minimum absolute atomic E-state index is 0.0961. The zero-order valence-corrected chi connectivity index (χ0v) is 11.6. The van der Waals surface area contributed by atoms with Crippen molar-refractivity contribution in [1.29, 1.82) is 0 Å². The number of sulfonamides is 1. The summed E-state index contributed by atoms with van der Waals surface area (Å²) >= 11 is 0. The molecule has 0 bridgehead atoms. The second-order valence-electron chi connectivity index (χ2n) is 4.31. The molecule has 1 heterocycles. The molecule has 1 aromatic carbocycles. The summed E-state index contributed by atoms with van der Waals surface area (Å²) < 4.78 is 39.6. The number of nitrogens with zero attached hydrogens (tertiary/aromatic N) is 1.